The zero-order valence-electron chi connectivity index (χ0n) is 14.3. The number of aryl methyl sites for hydroxylation is 1. The summed E-state index contributed by atoms with van der Waals surface area (Å²) in [5.41, 5.74) is 2.83. The maximum atomic E-state index is 5.11. The van der Waals surface area contributed by atoms with Gasteiger partial charge >= 0.3 is 0 Å². The van der Waals surface area contributed by atoms with Gasteiger partial charge in [-0.25, -0.2) is 0 Å². The fraction of sp³-hybridized carbons (Fsp3) is 0.684. The molecule has 0 aliphatic rings. The Morgan fingerprint density at radius 1 is 1.29 bits per heavy atom. The molecule has 0 radical (unpaired) electrons. The van der Waals surface area contributed by atoms with Crippen LogP contribution < -0.4 is 5.32 Å². The molecule has 2 atom stereocenters. The fourth-order valence-electron chi connectivity index (χ4n) is 3.07. The van der Waals surface area contributed by atoms with E-state index < -0.39 is 0 Å². The van der Waals surface area contributed by atoms with Gasteiger partial charge in [0, 0.05) is 13.7 Å². The average molecular weight is 291 g/mol. The van der Waals surface area contributed by atoms with Crippen LogP contribution in [0.4, 0.5) is 0 Å². The Kier molecular flexibility index (Phi) is 9.36. The number of rotatable bonds is 11. The first-order valence-electron chi connectivity index (χ1n) is 8.40. The zero-order valence-corrected chi connectivity index (χ0v) is 14.3. The molecule has 0 fully saturated rings. The summed E-state index contributed by atoms with van der Waals surface area (Å²) in [6.07, 6.45) is 5.11. The van der Waals surface area contributed by atoms with Crippen LogP contribution in [0.25, 0.3) is 0 Å². The molecule has 0 saturated carbocycles. The van der Waals surface area contributed by atoms with Gasteiger partial charge in [-0.15, -0.1) is 0 Å². The van der Waals surface area contributed by atoms with Crippen molar-refractivity contribution in [2.45, 2.75) is 46.5 Å². The molecule has 0 heterocycles. The predicted molar refractivity (Wildman–Crippen MR) is 91.8 cm³/mol. The van der Waals surface area contributed by atoms with Crippen molar-refractivity contribution >= 4 is 0 Å². The Balaban J connectivity index is 2.53. The van der Waals surface area contributed by atoms with Crippen LogP contribution in [0.1, 0.15) is 44.2 Å². The van der Waals surface area contributed by atoms with E-state index in [0.29, 0.717) is 5.92 Å². The van der Waals surface area contributed by atoms with E-state index in [0.717, 1.165) is 25.6 Å². The third-order valence-electron chi connectivity index (χ3n) is 4.04. The lowest BCUT2D eigenvalue weighted by Gasteiger charge is -2.22. The minimum absolute atomic E-state index is 0.713. The number of hydrogen-bond acceptors (Lipinski definition) is 2. The maximum absolute atomic E-state index is 5.11. The second-order valence-electron chi connectivity index (χ2n) is 6.39. The van der Waals surface area contributed by atoms with Gasteiger partial charge in [0.1, 0.15) is 0 Å². The van der Waals surface area contributed by atoms with Gasteiger partial charge < -0.3 is 10.1 Å². The molecule has 0 saturated heterocycles. The molecule has 2 nitrogen and oxygen atoms in total. The topological polar surface area (TPSA) is 21.3 Å². The minimum Gasteiger partial charge on any atom is -0.383 e. The minimum atomic E-state index is 0.713. The summed E-state index contributed by atoms with van der Waals surface area (Å²) in [5.74, 6) is 1.53. The van der Waals surface area contributed by atoms with Crippen LogP contribution in [-0.2, 0) is 11.2 Å². The molecule has 2 unspecified atom stereocenters. The Morgan fingerprint density at radius 2 is 2.10 bits per heavy atom. The van der Waals surface area contributed by atoms with Gasteiger partial charge in [-0.2, -0.15) is 0 Å². The molecule has 1 N–H and O–H groups in total. The molecule has 1 aromatic rings. The van der Waals surface area contributed by atoms with E-state index in [1.807, 2.05) is 0 Å². The predicted octanol–water partition coefficient (Wildman–Crippen LogP) is 4.22. The van der Waals surface area contributed by atoms with Crippen molar-refractivity contribution in [3.63, 3.8) is 0 Å². The summed E-state index contributed by atoms with van der Waals surface area (Å²) in [5, 5.41) is 3.54. The summed E-state index contributed by atoms with van der Waals surface area (Å²) in [7, 11) is 1.76. The van der Waals surface area contributed by atoms with E-state index in [2.05, 4.69) is 50.4 Å². The third-order valence-corrected chi connectivity index (χ3v) is 4.04. The van der Waals surface area contributed by atoms with E-state index in [9.17, 15) is 0 Å². The molecule has 120 valence electrons. The Morgan fingerprint density at radius 3 is 2.76 bits per heavy atom. The van der Waals surface area contributed by atoms with Crippen molar-refractivity contribution in [2.75, 3.05) is 26.8 Å². The van der Waals surface area contributed by atoms with Gasteiger partial charge in [0.15, 0.2) is 0 Å². The van der Waals surface area contributed by atoms with Crippen LogP contribution in [0, 0.1) is 18.8 Å². The maximum Gasteiger partial charge on any atom is 0.0587 e. The van der Waals surface area contributed by atoms with E-state index in [4.69, 9.17) is 4.74 Å². The Bertz CT molecular complexity index is 378. The summed E-state index contributed by atoms with van der Waals surface area (Å²) in [6.45, 7) is 9.68. The highest BCUT2D eigenvalue weighted by Gasteiger charge is 2.13. The summed E-state index contributed by atoms with van der Waals surface area (Å²) in [6, 6.07) is 8.94. The summed E-state index contributed by atoms with van der Waals surface area (Å²) in [4.78, 5) is 0. The van der Waals surface area contributed by atoms with Crippen molar-refractivity contribution in [2.24, 2.45) is 11.8 Å². The molecule has 1 aromatic carbocycles. The van der Waals surface area contributed by atoms with Crippen molar-refractivity contribution in [1.82, 2.24) is 5.32 Å². The summed E-state index contributed by atoms with van der Waals surface area (Å²) < 4.78 is 5.11. The van der Waals surface area contributed by atoms with Gasteiger partial charge in [-0.1, -0.05) is 56.5 Å². The monoisotopic (exact) mass is 291 g/mol. The van der Waals surface area contributed by atoms with E-state index in [1.165, 1.54) is 36.8 Å². The quantitative estimate of drug-likeness (QED) is 0.616. The highest BCUT2D eigenvalue weighted by molar-refractivity contribution is 5.22. The van der Waals surface area contributed by atoms with Crippen LogP contribution >= 0.6 is 0 Å². The van der Waals surface area contributed by atoms with Gasteiger partial charge in [0.05, 0.1) is 6.61 Å². The van der Waals surface area contributed by atoms with Crippen LogP contribution in [-0.4, -0.2) is 26.8 Å². The van der Waals surface area contributed by atoms with Crippen molar-refractivity contribution < 1.29 is 4.74 Å². The number of nitrogens with one attached hydrogen (secondary N) is 1. The molecule has 0 aromatic heterocycles. The molecular formula is C19H33NO. The van der Waals surface area contributed by atoms with Gasteiger partial charge in [-0.3, -0.25) is 0 Å². The van der Waals surface area contributed by atoms with Crippen LogP contribution in [0.2, 0.25) is 0 Å². The second kappa shape index (κ2) is 10.8. The average Bonchev–Trinajstić information content (AvgIpc) is 2.43. The van der Waals surface area contributed by atoms with Crippen LogP contribution in [0.15, 0.2) is 24.3 Å². The van der Waals surface area contributed by atoms with Crippen molar-refractivity contribution in [3.8, 4) is 0 Å². The lowest BCUT2D eigenvalue weighted by molar-refractivity contribution is 0.196. The SMILES string of the molecule is CCCC(C)CC(CNCCOC)Cc1cccc(C)c1. The standard InChI is InChI=1S/C19H33NO/c1-5-7-16(2)13-19(15-20-10-11-21-4)14-18-9-6-8-17(3)12-18/h6,8-9,12,16,19-20H,5,7,10-11,13-15H2,1-4H3. The molecular weight excluding hydrogens is 258 g/mol. The highest BCUT2D eigenvalue weighted by Crippen LogP contribution is 2.20. The third kappa shape index (κ3) is 8.23. The number of ether oxygens (including phenoxy) is 1. The second-order valence-corrected chi connectivity index (χ2v) is 6.39. The van der Waals surface area contributed by atoms with Gasteiger partial charge in [0.25, 0.3) is 0 Å². The van der Waals surface area contributed by atoms with Crippen molar-refractivity contribution in [3.05, 3.63) is 35.4 Å². The lowest BCUT2D eigenvalue weighted by Crippen LogP contribution is -2.28. The Hall–Kier alpha value is -0.860. The smallest absolute Gasteiger partial charge is 0.0587 e. The fourth-order valence-corrected chi connectivity index (χ4v) is 3.07. The van der Waals surface area contributed by atoms with Crippen LogP contribution in [0.5, 0.6) is 0 Å². The largest absolute Gasteiger partial charge is 0.383 e. The molecule has 1 rings (SSSR count). The van der Waals surface area contributed by atoms with Gasteiger partial charge in [-0.05, 0) is 43.7 Å². The molecule has 0 aliphatic carbocycles. The van der Waals surface area contributed by atoms with Crippen LogP contribution in [0.3, 0.4) is 0 Å². The normalized spacial score (nSPS) is 14.1. The molecule has 0 aliphatic heterocycles. The molecule has 0 spiro atoms. The first kappa shape index (κ1) is 18.2. The molecule has 0 bridgehead atoms. The first-order chi connectivity index (χ1) is 10.2. The summed E-state index contributed by atoms with van der Waals surface area (Å²) >= 11 is 0. The van der Waals surface area contributed by atoms with Gasteiger partial charge in [0.2, 0.25) is 0 Å². The number of methoxy groups -OCH3 is 1. The first-order valence-corrected chi connectivity index (χ1v) is 8.40. The molecule has 2 heteroatoms. The highest BCUT2D eigenvalue weighted by atomic mass is 16.5. The molecule has 21 heavy (non-hydrogen) atoms. The van der Waals surface area contributed by atoms with E-state index >= 15 is 0 Å². The Labute approximate surface area is 131 Å². The lowest BCUT2D eigenvalue weighted by atomic mass is 9.88. The number of hydrogen-bond donors (Lipinski definition) is 1. The zero-order chi connectivity index (χ0) is 15.5. The van der Waals surface area contributed by atoms with E-state index in [-0.39, 0.29) is 0 Å². The number of benzene rings is 1. The van der Waals surface area contributed by atoms with Crippen molar-refractivity contribution in [1.29, 1.82) is 0 Å². The van der Waals surface area contributed by atoms with E-state index in [1.54, 1.807) is 7.11 Å². The molecule has 0 amide bonds.